The zero-order valence-corrected chi connectivity index (χ0v) is 21.5. The SMILES string of the molecule is Cc1c(C2CCN(C3CC(OC4CCNCC4)C3)CC2)ccc2c1C(=O)N(C1CCC(=O)NC1=O)C2=O. The van der Waals surface area contributed by atoms with Crippen LogP contribution >= 0.6 is 0 Å². The van der Waals surface area contributed by atoms with Crippen LogP contribution in [0.25, 0.3) is 0 Å². The van der Waals surface area contributed by atoms with Crippen LogP contribution in [0, 0.1) is 6.92 Å². The van der Waals surface area contributed by atoms with Crippen LogP contribution < -0.4 is 10.6 Å². The number of fused-ring (bicyclic) bond motifs is 1. The molecule has 3 saturated heterocycles. The Morgan fingerprint density at radius 1 is 0.892 bits per heavy atom. The molecular formula is C28H36N4O5. The number of nitrogens with one attached hydrogen (secondary N) is 2. The summed E-state index contributed by atoms with van der Waals surface area (Å²) in [6.45, 7) is 6.10. The summed E-state index contributed by atoms with van der Waals surface area (Å²) >= 11 is 0. The molecule has 9 nitrogen and oxygen atoms in total. The number of hydrogen-bond acceptors (Lipinski definition) is 7. The number of likely N-dealkylation sites (tertiary alicyclic amines) is 1. The maximum Gasteiger partial charge on any atom is 0.262 e. The third-order valence-corrected chi connectivity index (χ3v) is 9.14. The molecule has 0 aromatic heterocycles. The van der Waals surface area contributed by atoms with Gasteiger partial charge >= 0.3 is 0 Å². The first-order chi connectivity index (χ1) is 17.9. The van der Waals surface area contributed by atoms with Crippen molar-refractivity contribution < 1.29 is 23.9 Å². The Kier molecular flexibility index (Phi) is 6.63. The number of benzene rings is 1. The molecule has 198 valence electrons. The summed E-state index contributed by atoms with van der Waals surface area (Å²) in [5.41, 5.74) is 2.77. The second-order valence-electron chi connectivity index (χ2n) is 11.3. The minimum absolute atomic E-state index is 0.124. The molecule has 0 bridgehead atoms. The predicted octanol–water partition coefficient (Wildman–Crippen LogP) is 1.88. The Morgan fingerprint density at radius 3 is 2.32 bits per heavy atom. The van der Waals surface area contributed by atoms with Crippen LogP contribution in [0.2, 0.25) is 0 Å². The van der Waals surface area contributed by atoms with Gasteiger partial charge in [0.15, 0.2) is 0 Å². The summed E-state index contributed by atoms with van der Waals surface area (Å²) in [4.78, 5) is 54.0. The first kappa shape index (κ1) is 24.7. The highest BCUT2D eigenvalue weighted by Crippen LogP contribution is 2.39. The quantitative estimate of drug-likeness (QED) is 0.585. The van der Waals surface area contributed by atoms with E-state index in [2.05, 4.69) is 15.5 Å². The minimum atomic E-state index is -0.929. The fourth-order valence-corrected chi connectivity index (χ4v) is 6.90. The van der Waals surface area contributed by atoms with Crippen LogP contribution in [0.5, 0.6) is 0 Å². The summed E-state index contributed by atoms with van der Waals surface area (Å²) in [6.07, 6.45) is 7.65. The van der Waals surface area contributed by atoms with Crippen molar-refractivity contribution in [3.63, 3.8) is 0 Å². The highest BCUT2D eigenvalue weighted by atomic mass is 16.5. The lowest BCUT2D eigenvalue weighted by atomic mass is 9.81. The summed E-state index contributed by atoms with van der Waals surface area (Å²) in [6, 6.07) is 3.43. The van der Waals surface area contributed by atoms with Gasteiger partial charge in [-0.25, -0.2) is 0 Å². The topological polar surface area (TPSA) is 108 Å². The molecule has 4 amide bonds. The van der Waals surface area contributed by atoms with E-state index in [1.54, 1.807) is 6.07 Å². The number of amides is 4. The maximum atomic E-state index is 13.4. The van der Waals surface area contributed by atoms with E-state index in [1.807, 2.05) is 13.0 Å². The molecule has 0 spiro atoms. The fraction of sp³-hybridized carbons (Fsp3) is 0.643. The van der Waals surface area contributed by atoms with E-state index < -0.39 is 23.8 Å². The molecule has 0 radical (unpaired) electrons. The summed E-state index contributed by atoms with van der Waals surface area (Å²) in [7, 11) is 0. The number of imide groups is 2. The van der Waals surface area contributed by atoms with Crippen molar-refractivity contribution in [2.75, 3.05) is 26.2 Å². The van der Waals surface area contributed by atoms with Gasteiger partial charge in [-0.05, 0) is 101 Å². The second-order valence-corrected chi connectivity index (χ2v) is 11.3. The number of carbonyl (C=O) groups is 4. The molecule has 6 rings (SSSR count). The second kappa shape index (κ2) is 9.93. The Hall–Kier alpha value is -2.62. The van der Waals surface area contributed by atoms with Gasteiger partial charge in [-0.1, -0.05) is 6.07 Å². The van der Waals surface area contributed by atoms with Crippen molar-refractivity contribution in [2.24, 2.45) is 0 Å². The van der Waals surface area contributed by atoms with E-state index >= 15 is 0 Å². The van der Waals surface area contributed by atoms with E-state index in [9.17, 15) is 19.2 Å². The Labute approximate surface area is 217 Å². The van der Waals surface area contributed by atoms with E-state index in [0.717, 1.165) is 80.7 Å². The van der Waals surface area contributed by atoms with Crippen LogP contribution in [-0.4, -0.2) is 83.9 Å². The van der Waals surface area contributed by atoms with Crippen molar-refractivity contribution in [3.05, 3.63) is 34.4 Å². The molecule has 4 fully saturated rings. The van der Waals surface area contributed by atoms with E-state index in [0.29, 0.717) is 35.3 Å². The molecule has 4 heterocycles. The minimum Gasteiger partial charge on any atom is -0.375 e. The molecule has 1 aromatic carbocycles. The standard InChI is InChI=1S/C28H36N4O5/c1-16-21(2-3-22-25(16)28(36)32(27(22)35)23-4-5-24(33)30-26(23)34)17-8-12-31(13-9-17)18-14-20(15-18)37-19-6-10-29-11-7-19/h2-3,17-20,23,29H,4-15H2,1H3,(H,30,33,34). The Bertz CT molecular complexity index is 1120. The molecule has 5 aliphatic rings. The first-order valence-corrected chi connectivity index (χ1v) is 13.9. The molecular weight excluding hydrogens is 472 g/mol. The highest BCUT2D eigenvalue weighted by Gasteiger charge is 2.46. The maximum absolute atomic E-state index is 13.4. The van der Waals surface area contributed by atoms with Gasteiger partial charge in [0.25, 0.3) is 11.8 Å². The zero-order chi connectivity index (χ0) is 25.7. The van der Waals surface area contributed by atoms with Crippen molar-refractivity contribution in [1.29, 1.82) is 0 Å². The van der Waals surface area contributed by atoms with Crippen molar-refractivity contribution in [2.45, 2.75) is 88.5 Å². The van der Waals surface area contributed by atoms with Crippen LogP contribution in [0.4, 0.5) is 0 Å². The number of nitrogens with zero attached hydrogens (tertiary/aromatic N) is 2. The lowest BCUT2D eigenvalue weighted by molar-refractivity contribution is -0.136. The molecule has 1 atom stereocenters. The van der Waals surface area contributed by atoms with Crippen molar-refractivity contribution >= 4 is 23.6 Å². The zero-order valence-electron chi connectivity index (χ0n) is 21.5. The molecule has 1 aliphatic carbocycles. The Balaban J connectivity index is 1.07. The monoisotopic (exact) mass is 508 g/mol. The molecule has 9 heteroatoms. The van der Waals surface area contributed by atoms with Gasteiger partial charge in [-0.15, -0.1) is 0 Å². The molecule has 37 heavy (non-hydrogen) atoms. The number of carbonyl (C=O) groups excluding carboxylic acids is 4. The van der Waals surface area contributed by atoms with Gasteiger partial charge in [0, 0.05) is 12.5 Å². The third kappa shape index (κ3) is 4.51. The molecule has 2 N–H and O–H groups in total. The lowest BCUT2D eigenvalue weighted by Crippen LogP contribution is -2.54. The summed E-state index contributed by atoms with van der Waals surface area (Å²) in [5, 5.41) is 5.65. The van der Waals surface area contributed by atoms with E-state index in [1.165, 1.54) is 0 Å². The normalized spacial score (nSPS) is 29.9. The highest BCUT2D eigenvalue weighted by molar-refractivity contribution is 6.24. The van der Waals surface area contributed by atoms with Crippen LogP contribution in [-0.2, 0) is 14.3 Å². The molecule has 1 unspecified atom stereocenters. The van der Waals surface area contributed by atoms with Gasteiger partial charge in [-0.2, -0.15) is 0 Å². The van der Waals surface area contributed by atoms with Crippen LogP contribution in [0.1, 0.15) is 89.1 Å². The number of ether oxygens (including phenoxy) is 1. The van der Waals surface area contributed by atoms with Crippen LogP contribution in [0.3, 0.4) is 0 Å². The van der Waals surface area contributed by atoms with Crippen molar-refractivity contribution in [3.8, 4) is 0 Å². The number of hydrogen-bond donors (Lipinski definition) is 2. The van der Waals surface area contributed by atoms with Crippen LogP contribution in [0.15, 0.2) is 12.1 Å². The molecule has 1 saturated carbocycles. The van der Waals surface area contributed by atoms with Gasteiger partial charge < -0.3 is 15.0 Å². The van der Waals surface area contributed by atoms with E-state index in [-0.39, 0.29) is 18.7 Å². The lowest BCUT2D eigenvalue weighted by Gasteiger charge is -2.46. The van der Waals surface area contributed by atoms with Gasteiger partial charge in [0.1, 0.15) is 6.04 Å². The molecule has 4 aliphatic heterocycles. The number of rotatable bonds is 5. The largest absolute Gasteiger partial charge is 0.375 e. The van der Waals surface area contributed by atoms with Crippen molar-refractivity contribution in [1.82, 2.24) is 20.4 Å². The van der Waals surface area contributed by atoms with Gasteiger partial charge in [-0.3, -0.25) is 29.4 Å². The molecule has 1 aromatic rings. The average Bonchev–Trinajstić information content (AvgIpc) is 3.13. The van der Waals surface area contributed by atoms with Gasteiger partial charge in [0.2, 0.25) is 11.8 Å². The fourth-order valence-electron chi connectivity index (χ4n) is 6.90. The summed E-state index contributed by atoms with van der Waals surface area (Å²) in [5.74, 6) is -1.45. The predicted molar refractivity (Wildman–Crippen MR) is 135 cm³/mol. The Morgan fingerprint density at radius 2 is 1.62 bits per heavy atom. The smallest absolute Gasteiger partial charge is 0.262 e. The van der Waals surface area contributed by atoms with Gasteiger partial charge in [0.05, 0.1) is 23.3 Å². The average molecular weight is 509 g/mol. The summed E-state index contributed by atoms with van der Waals surface area (Å²) < 4.78 is 6.31. The van der Waals surface area contributed by atoms with E-state index in [4.69, 9.17) is 4.74 Å². The first-order valence-electron chi connectivity index (χ1n) is 13.9. The number of piperidine rings is 3. The third-order valence-electron chi connectivity index (χ3n) is 9.14.